The summed E-state index contributed by atoms with van der Waals surface area (Å²) in [5.74, 6) is 8.42. The Morgan fingerprint density at radius 3 is 0.674 bits per heavy atom. The second-order valence-electron chi connectivity index (χ2n) is 35.0. The first-order chi connectivity index (χ1) is 62.0. The number of hydrogen-bond acceptors (Lipinski definition) is 21. The highest BCUT2D eigenvalue weighted by Crippen LogP contribution is 2.65. The lowest BCUT2D eigenvalue weighted by molar-refractivity contribution is 0.232. The minimum absolute atomic E-state index is 0.209. The van der Waals surface area contributed by atoms with Gasteiger partial charge in [0.15, 0.2) is 91.9 Å². The molecule has 0 spiro atoms. The molecule has 0 saturated carbocycles. The van der Waals surface area contributed by atoms with Gasteiger partial charge in [-0.3, -0.25) is 0 Å². The molecule has 0 saturated heterocycles. The fraction of sp³-hybridized carbons (Fsp3) is 0.245. The molecule has 0 atom stereocenters. The molecule has 0 aliphatic carbocycles. The average molecular weight is 1720 g/mol. The summed E-state index contributed by atoms with van der Waals surface area (Å²) in [6, 6.07) is 63.9. The first-order valence-corrected chi connectivity index (χ1v) is 43.4. The van der Waals surface area contributed by atoms with Crippen LogP contribution in [0.3, 0.4) is 0 Å². The molecular formula is C106H106N14O9. The third-order valence-electron chi connectivity index (χ3n) is 23.6. The molecule has 654 valence electrons. The fourth-order valence-electron chi connectivity index (χ4n) is 17.5. The minimum atomic E-state index is -0.496. The van der Waals surface area contributed by atoms with E-state index >= 15 is 0 Å². The van der Waals surface area contributed by atoms with Crippen molar-refractivity contribution >= 4 is 78.3 Å². The van der Waals surface area contributed by atoms with Gasteiger partial charge in [0.25, 0.3) is 0 Å². The summed E-state index contributed by atoms with van der Waals surface area (Å²) in [7, 11) is 24.1. The van der Waals surface area contributed by atoms with Crippen LogP contribution in [0.15, 0.2) is 194 Å². The van der Waals surface area contributed by atoms with Crippen LogP contribution in [0.1, 0.15) is 83.7 Å². The van der Waals surface area contributed by atoms with Gasteiger partial charge in [0.2, 0.25) is 5.75 Å². The van der Waals surface area contributed by atoms with E-state index in [2.05, 4.69) is 37.6 Å². The van der Waals surface area contributed by atoms with Crippen molar-refractivity contribution in [3.63, 3.8) is 0 Å². The van der Waals surface area contributed by atoms with E-state index in [-0.39, 0.29) is 29.0 Å². The average Bonchev–Trinajstić information content (AvgIpc) is 1.53. The van der Waals surface area contributed by atoms with Crippen molar-refractivity contribution in [1.82, 2.24) is 38.9 Å². The number of ether oxygens (including phenoxy) is 9. The lowest BCUT2D eigenvalue weighted by atomic mass is 9.94. The zero-order valence-electron chi connectivity index (χ0n) is 77.6. The number of aromatic nitrogens is 8. The van der Waals surface area contributed by atoms with Crippen LogP contribution in [0, 0.1) is 55.4 Å². The second kappa shape index (κ2) is 33.4. The summed E-state index contributed by atoms with van der Waals surface area (Å²) in [6.07, 6.45) is -0.496. The van der Waals surface area contributed by atoms with Crippen molar-refractivity contribution in [2.24, 2.45) is 0 Å². The SMILES string of the molecule is Cc1ccccc1Oc1c(OC(C)C)c2c(c(N(C)C)c1Oc1ccccc1C)-c1nc-2nc2c3c(C(C)C)c(Oc4ccccc4C)c(Oc4ccccc4C)c(N(C)C)c3c3nc4nc(nc5c6c(N(C)C)c(Oc7ccccc7C)c(Oc7ccccc7C)c(N(C)C)c6c(n1)n5n23)-c1c-4c(N(C)C)c(Oc2ccccc2C)c(Oc2ccccc2C)c1N(C)C. The highest BCUT2D eigenvalue weighted by atomic mass is 16.6. The monoisotopic (exact) mass is 1720 g/mol. The molecule has 18 rings (SSSR count). The summed E-state index contributed by atoms with van der Waals surface area (Å²) < 4.78 is 73.0. The maximum Gasteiger partial charge on any atom is 0.214 e. The van der Waals surface area contributed by atoms with Gasteiger partial charge in [-0.1, -0.05) is 159 Å². The quantitative estimate of drug-likeness (QED) is 0.0525. The molecule has 6 heterocycles. The third-order valence-corrected chi connectivity index (χ3v) is 23.6. The van der Waals surface area contributed by atoms with Gasteiger partial charge in [-0.05, 0) is 168 Å². The lowest BCUT2D eigenvalue weighted by Crippen LogP contribution is -2.17. The maximum absolute atomic E-state index is 7.79. The van der Waals surface area contributed by atoms with Crippen molar-refractivity contribution in [2.45, 2.75) is 95.1 Å². The smallest absolute Gasteiger partial charge is 0.214 e. The van der Waals surface area contributed by atoms with E-state index in [1.807, 2.05) is 363 Å². The van der Waals surface area contributed by atoms with Gasteiger partial charge in [-0.2, -0.15) is 0 Å². The zero-order chi connectivity index (χ0) is 90.7. The largest absolute Gasteiger partial charge is 0.486 e. The molecule has 0 amide bonds. The molecule has 12 aromatic carbocycles. The van der Waals surface area contributed by atoms with Gasteiger partial charge in [0, 0.05) is 95.5 Å². The van der Waals surface area contributed by atoms with E-state index in [4.69, 9.17) is 72.5 Å². The number of rotatable bonds is 25. The Labute approximate surface area is 752 Å². The summed E-state index contributed by atoms with van der Waals surface area (Å²) in [5, 5.41) is 2.25. The number of nitrogens with zero attached hydrogens (tertiary/aromatic N) is 14. The summed E-state index contributed by atoms with van der Waals surface area (Å²) >= 11 is 0. The van der Waals surface area contributed by atoms with Crippen LogP contribution in [-0.4, -0.2) is 130 Å². The minimum Gasteiger partial charge on any atom is -0.486 e. The number of benzene rings is 12. The number of para-hydroxylation sites is 8. The van der Waals surface area contributed by atoms with Crippen LogP contribution < -0.4 is 72.0 Å². The van der Waals surface area contributed by atoms with Crippen molar-refractivity contribution in [3.05, 3.63) is 244 Å². The molecule has 0 unspecified atom stereocenters. The molecule has 129 heavy (non-hydrogen) atoms. The Balaban J connectivity index is 1.19. The molecule has 4 bridgehead atoms. The molecule has 2 aliphatic heterocycles. The van der Waals surface area contributed by atoms with Gasteiger partial charge < -0.3 is 72.0 Å². The van der Waals surface area contributed by atoms with E-state index in [0.29, 0.717) is 198 Å². The van der Waals surface area contributed by atoms with Gasteiger partial charge in [0.1, 0.15) is 46.0 Å². The highest BCUT2D eigenvalue weighted by Gasteiger charge is 2.44. The molecule has 16 aromatic rings. The normalized spacial score (nSPS) is 11.7. The summed E-state index contributed by atoms with van der Waals surface area (Å²) in [4.78, 5) is 49.9. The van der Waals surface area contributed by atoms with Crippen LogP contribution in [0.25, 0.3) is 89.7 Å². The Kier molecular flexibility index (Phi) is 22.0. The van der Waals surface area contributed by atoms with E-state index < -0.39 is 12.0 Å². The Hall–Kier alpha value is -15.0. The first-order valence-electron chi connectivity index (χ1n) is 43.4. The topological polar surface area (TPSA) is 189 Å². The molecule has 0 N–H and O–H groups in total. The maximum atomic E-state index is 7.79. The molecule has 23 heteroatoms. The molecular weight excluding hydrogens is 1610 g/mol. The Morgan fingerprint density at radius 1 is 0.225 bits per heavy atom. The standard InChI is InChI=1S/C106H106N14O9/c1-57(2)75-76-80(87(116(19)20)92(123-68-50-34-26-42-60(68)6)90(75)122-67-49-33-25-41-59(67)5)104-109-99-77-78(85(114(15)16)94(125-70-52-36-28-44-62(70)8)93(84(77)113(13)14)124-69-51-35-27-43-61(69)7)100(107-99)110-105-81-82(89(118(23)24)96(127-72-54-38-30-46-64(72)10)95(88(81)117(21)22)126-71-53-37-29-45-63(71)9)106-111-101-79-83(102(108-101)112-103(76)119(104)120(105)106)91(121-58(3)4)98(129-74-56-40-32-48-66(74)12)97(86(79)115(17)18)128-73-55-39-31-47-65(73)11/h25-58H,1-24H3. The predicted molar refractivity (Wildman–Crippen MR) is 520 cm³/mol. The number of aryl methyl sites for hydroxylation is 8. The van der Waals surface area contributed by atoms with Gasteiger partial charge in [-0.25, -0.2) is 38.9 Å². The first kappa shape index (κ1) is 84.8. The molecule has 2 aliphatic rings. The fourth-order valence-corrected chi connectivity index (χ4v) is 17.5. The van der Waals surface area contributed by atoms with Crippen molar-refractivity contribution in [3.8, 4) is 143 Å². The molecule has 23 nitrogen and oxygen atoms in total. The number of anilines is 6. The third kappa shape index (κ3) is 14.6. The second-order valence-corrected chi connectivity index (χ2v) is 35.0. The zero-order valence-corrected chi connectivity index (χ0v) is 77.6. The molecule has 4 aromatic heterocycles. The highest BCUT2D eigenvalue weighted by molar-refractivity contribution is 6.23. The Bertz CT molecular complexity index is 7180. The van der Waals surface area contributed by atoms with Crippen LogP contribution in [0.2, 0.25) is 0 Å². The number of fused-ring (bicyclic) bond motifs is 16. The number of hydrogen-bond donors (Lipinski definition) is 0. The summed E-state index contributed by atoms with van der Waals surface area (Å²) in [5.41, 5.74) is 14.5. The van der Waals surface area contributed by atoms with E-state index in [1.54, 1.807) is 0 Å². The van der Waals surface area contributed by atoms with E-state index in [9.17, 15) is 0 Å². The van der Waals surface area contributed by atoms with Crippen LogP contribution in [0.5, 0.6) is 97.7 Å². The molecule has 0 radical (unpaired) electrons. The van der Waals surface area contributed by atoms with Gasteiger partial charge in [-0.15, -0.1) is 0 Å². The summed E-state index contributed by atoms with van der Waals surface area (Å²) in [6.45, 7) is 24.6. The van der Waals surface area contributed by atoms with Crippen LogP contribution >= 0.6 is 0 Å². The van der Waals surface area contributed by atoms with E-state index in [1.165, 1.54) is 0 Å². The predicted octanol–water partition coefficient (Wildman–Crippen LogP) is 25.6. The van der Waals surface area contributed by atoms with Crippen molar-refractivity contribution in [2.75, 3.05) is 114 Å². The van der Waals surface area contributed by atoms with Gasteiger partial charge >= 0.3 is 0 Å². The van der Waals surface area contributed by atoms with E-state index in [0.717, 1.165) is 44.5 Å². The Morgan fingerprint density at radius 2 is 0.426 bits per heavy atom. The van der Waals surface area contributed by atoms with Crippen LogP contribution in [0.4, 0.5) is 34.1 Å². The van der Waals surface area contributed by atoms with Crippen molar-refractivity contribution < 1.29 is 42.6 Å². The van der Waals surface area contributed by atoms with Gasteiger partial charge in [0.05, 0.1) is 78.6 Å². The lowest BCUT2D eigenvalue weighted by Gasteiger charge is -2.29. The molecule has 0 fully saturated rings. The van der Waals surface area contributed by atoms with Crippen molar-refractivity contribution in [1.29, 1.82) is 0 Å². The van der Waals surface area contributed by atoms with Crippen LogP contribution in [-0.2, 0) is 0 Å².